The second-order valence-corrected chi connectivity index (χ2v) is 6.49. The molecule has 0 spiro atoms. The summed E-state index contributed by atoms with van der Waals surface area (Å²) in [6.45, 7) is 7.81. The molecule has 3 aliphatic carbocycles. The van der Waals surface area contributed by atoms with Crippen LogP contribution in [0.1, 0.15) is 47.0 Å². The molecular formula is C13H23NO4. The Hall–Kier alpha value is -0.810. The molecule has 5 heteroatoms. The third-order valence-electron chi connectivity index (χ3n) is 5.03. The molecule has 3 saturated carbocycles. The van der Waals surface area contributed by atoms with Crippen LogP contribution in [-0.2, 0) is 4.84 Å². The number of hydrogen-bond donors (Lipinski definition) is 2. The number of carboxylic acid groups (broad SMARTS) is 1. The van der Waals surface area contributed by atoms with E-state index in [2.05, 4.69) is 13.8 Å². The van der Waals surface area contributed by atoms with Crippen LogP contribution in [0.2, 0.25) is 0 Å². The molecule has 0 aromatic carbocycles. The Kier molecular flexibility index (Phi) is 3.10. The van der Waals surface area contributed by atoms with Gasteiger partial charge in [-0.15, -0.1) is 0 Å². The Morgan fingerprint density at radius 2 is 2.06 bits per heavy atom. The maximum atomic E-state index is 11.1. The maximum absolute atomic E-state index is 11.1. The number of amides is 1. The van der Waals surface area contributed by atoms with Crippen LogP contribution in [0.25, 0.3) is 0 Å². The molecule has 0 aromatic heterocycles. The molecule has 4 atom stereocenters. The number of aliphatic hydroxyl groups is 1. The largest absolute Gasteiger partial charge is 0.463 e. The number of carbonyl (C=O) groups is 1. The summed E-state index contributed by atoms with van der Waals surface area (Å²) in [4.78, 5) is 16.7. The summed E-state index contributed by atoms with van der Waals surface area (Å²) in [6.07, 6.45) is 0.609. The summed E-state index contributed by atoms with van der Waals surface area (Å²) in [5, 5.41) is 19.2. The molecule has 0 radical (unpaired) electrons. The number of hydrogen-bond acceptors (Lipinski definition) is 3. The van der Waals surface area contributed by atoms with Gasteiger partial charge in [-0.1, -0.05) is 13.8 Å². The highest BCUT2D eigenvalue weighted by molar-refractivity contribution is 5.63. The van der Waals surface area contributed by atoms with Crippen LogP contribution in [-0.4, -0.2) is 33.2 Å². The van der Waals surface area contributed by atoms with Gasteiger partial charge in [0.15, 0.2) is 6.23 Å². The Morgan fingerprint density at radius 1 is 1.44 bits per heavy atom. The average molecular weight is 257 g/mol. The second-order valence-electron chi connectivity index (χ2n) is 6.49. The van der Waals surface area contributed by atoms with E-state index in [4.69, 9.17) is 9.94 Å². The van der Waals surface area contributed by atoms with Crippen molar-refractivity contribution in [1.29, 1.82) is 0 Å². The molecule has 2 N–H and O–H groups in total. The smallest absolute Gasteiger partial charge is 0.434 e. The van der Waals surface area contributed by atoms with Gasteiger partial charge in [0, 0.05) is 0 Å². The topological polar surface area (TPSA) is 70.0 Å². The second kappa shape index (κ2) is 4.10. The molecule has 18 heavy (non-hydrogen) atoms. The maximum Gasteiger partial charge on any atom is 0.434 e. The first kappa shape index (κ1) is 13.6. The van der Waals surface area contributed by atoms with Crippen molar-refractivity contribution in [2.24, 2.45) is 17.3 Å². The standard InChI is InChI=1S/C13H23NO4/c1-8(15)14(11(16)17)18-13(4)6-5-9-7-10(13)12(9,2)3/h8-10,15H,5-7H2,1-4H3,(H,16,17). The summed E-state index contributed by atoms with van der Waals surface area (Å²) >= 11 is 0. The van der Waals surface area contributed by atoms with Crippen LogP contribution in [0, 0.1) is 17.3 Å². The van der Waals surface area contributed by atoms with E-state index in [1.54, 1.807) is 0 Å². The van der Waals surface area contributed by atoms with Gasteiger partial charge in [0.05, 0.1) is 5.60 Å². The summed E-state index contributed by atoms with van der Waals surface area (Å²) in [5.41, 5.74) is -0.288. The number of fused-ring (bicyclic) bond motifs is 2. The van der Waals surface area contributed by atoms with Gasteiger partial charge in [-0.25, -0.2) is 4.79 Å². The van der Waals surface area contributed by atoms with Crippen molar-refractivity contribution in [3.05, 3.63) is 0 Å². The average Bonchev–Trinajstić information content (AvgIpc) is 2.24. The third-order valence-corrected chi connectivity index (χ3v) is 5.03. The molecule has 3 fully saturated rings. The predicted molar refractivity (Wildman–Crippen MR) is 65.6 cm³/mol. The summed E-state index contributed by atoms with van der Waals surface area (Å²) in [5.74, 6) is 1.08. The minimum absolute atomic E-state index is 0.204. The normalized spacial score (nSPS) is 38.7. The van der Waals surface area contributed by atoms with Crippen LogP contribution in [0.15, 0.2) is 0 Å². The number of aliphatic hydroxyl groups excluding tert-OH is 1. The predicted octanol–water partition coefficient (Wildman–Crippen LogP) is 2.45. The molecular weight excluding hydrogens is 234 g/mol. The van der Waals surface area contributed by atoms with E-state index in [0.717, 1.165) is 25.2 Å². The fraction of sp³-hybridized carbons (Fsp3) is 0.923. The fourth-order valence-corrected chi connectivity index (χ4v) is 3.79. The van der Waals surface area contributed by atoms with E-state index in [-0.39, 0.29) is 5.41 Å². The van der Waals surface area contributed by atoms with Gasteiger partial charge in [-0.3, -0.25) is 4.84 Å². The van der Waals surface area contributed by atoms with Crippen LogP contribution in [0.3, 0.4) is 0 Å². The van der Waals surface area contributed by atoms with Gasteiger partial charge in [0.2, 0.25) is 0 Å². The first-order valence-electron chi connectivity index (χ1n) is 6.58. The van der Waals surface area contributed by atoms with Crippen molar-refractivity contribution in [2.45, 2.75) is 58.8 Å². The van der Waals surface area contributed by atoms with E-state index >= 15 is 0 Å². The van der Waals surface area contributed by atoms with E-state index in [0.29, 0.717) is 11.0 Å². The van der Waals surface area contributed by atoms with Gasteiger partial charge in [0.1, 0.15) is 0 Å². The van der Waals surface area contributed by atoms with Crippen molar-refractivity contribution in [2.75, 3.05) is 0 Å². The van der Waals surface area contributed by atoms with E-state index in [1.807, 2.05) is 6.92 Å². The van der Waals surface area contributed by atoms with Gasteiger partial charge >= 0.3 is 6.09 Å². The molecule has 2 bridgehead atoms. The number of hydroxylamine groups is 2. The van der Waals surface area contributed by atoms with Crippen molar-refractivity contribution in [3.8, 4) is 0 Å². The fourth-order valence-electron chi connectivity index (χ4n) is 3.79. The van der Waals surface area contributed by atoms with E-state index in [1.165, 1.54) is 6.92 Å². The minimum Gasteiger partial charge on any atom is -0.463 e. The minimum atomic E-state index is -1.24. The SMILES string of the molecule is CC(O)N(OC1(C)CCC2CC1C2(C)C)C(=O)O. The highest BCUT2D eigenvalue weighted by Crippen LogP contribution is 2.63. The van der Waals surface area contributed by atoms with E-state index in [9.17, 15) is 9.90 Å². The lowest BCUT2D eigenvalue weighted by molar-refractivity contribution is -0.325. The van der Waals surface area contributed by atoms with Crippen LogP contribution in [0.4, 0.5) is 4.79 Å². The lowest BCUT2D eigenvalue weighted by Gasteiger charge is -2.63. The Balaban J connectivity index is 2.14. The van der Waals surface area contributed by atoms with Crippen molar-refractivity contribution < 1.29 is 19.8 Å². The molecule has 0 heterocycles. The van der Waals surface area contributed by atoms with Crippen molar-refractivity contribution >= 4 is 6.09 Å². The first-order valence-corrected chi connectivity index (χ1v) is 6.58. The summed E-state index contributed by atoms with van der Waals surface area (Å²) < 4.78 is 0. The molecule has 3 aliphatic rings. The van der Waals surface area contributed by atoms with Gasteiger partial charge in [-0.05, 0) is 50.4 Å². The molecule has 104 valence electrons. The lowest BCUT2D eigenvalue weighted by Crippen LogP contribution is -2.63. The molecule has 1 amide bonds. The molecule has 0 aromatic rings. The van der Waals surface area contributed by atoms with Gasteiger partial charge in [-0.2, -0.15) is 5.06 Å². The Morgan fingerprint density at radius 3 is 2.44 bits per heavy atom. The first-order chi connectivity index (χ1) is 8.18. The zero-order chi connectivity index (χ0) is 13.7. The summed E-state index contributed by atoms with van der Waals surface area (Å²) in [6, 6.07) is 0. The molecule has 5 nitrogen and oxygen atoms in total. The number of nitrogens with zero attached hydrogens (tertiary/aromatic N) is 1. The lowest BCUT2D eigenvalue weighted by atomic mass is 9.44. The monoisotopic (exact) mass is 257 g/mol. The quantitative estimate of drug-likeness (QED) is 0.602. The van der Waals surface area contributed by atoms with Crippen LogP contribution >= 0.6 is 0 Å². The highest BCUT2D eigenvalue weighted by atomic mass is 16.7. The van der Waals surface area contributed by atoms with E-state index < -0.39 is 17.9 Å². The molecule has 0 saturated heterocycles. The van der Waals surface area contributed by atoms with Crippen molar-refractivity contribution in [1.82, 2.24) is 5.06 Å². The number of rotatable bonds is 3. The molecule has 3 rings (SSSR count). The Labute approximate surface area is 108 Å². The van der Waals surface area contributed by atoms with Crippen molar-refractivity contribution in [3.63, 3.8) is 0 Å². The molecule has 4 unspecified atom stereocenters. The zero-order valence-electron chi connectivity index (χ0n) is 11.5. The highest BCUT2D eigenvalue weighted by Gasteiger charge is 2.61. The Bertz CT molecular complexity index is 353. The van der Waals surface area contributed by atoms with Gasteiger partial charge < -0.3 is 10.2 Å². The van der Waals surface area contributed by atoms with Crippen LogP contribution in [0.5, 0.6) is 0 Å². The third kappa shape index (κ3) is 1.89. The van der Waals surface area contributed by atoms with Gasteiger partial charge in [0.25, 0.3) is 0 Å². The van der Waals surface area contributed by atoms with Crippen LogP contribution < -0.4 is 0 Å². The summed E-state index contributed by atoms with van der Waals surface area (Å²) in [7, 11) is 0. The zero-order valence-corrected chi connectivity index (χ0v) is 11.5. The molecule has 0 aliphatic heterocycles.